The van der Waals surface area contributed by atoms with Crippen LogP contribution in [0.15, 0.2) is 52.9 Å². The number of hydrogen-bond donors (Lipinski definition) is 0. The van der Waals surface area contributed by atoms with Crippen molar-refractivity contribution in [3.8, 4) is 11.4 Å². The lowest BCUT2D eigenvalue weighted by molar-refractivity contribution is 0.411. The number of nitrogens with zero attached hydrogens (tertiary/aromatic N) is 2. The molecule has 2 aromatic carbocycles. The van der Waals surface area contributed by atoms with E-state index in [4.69, 9.17) is 17.0 Å². The van der Waals surface area contributed by atoms with Gasteiger partial charge in [-0.1, -0.05) is 59.0 Å². The molecule has 0 bridgehead atoms. The minimum absolute atomic E-state index is 0.759. The molecule has 0 aliphatic carbocycles. The smallest absolute Gasteiger partial charge is 0.184 e. The summed E-state index contributed by atoms with van der Waals surface area (Å²) in [5.41, 5.74) is 3.39. The Balaban J connectivity index is 1.80. The third-order valence-electron chi connectivity index (χ3n) is 3.32. The number of para-hydroxylation sites is 1. The number of aromatic nitrogens is 2. The van der Waals surface area contributed by atoms with Crippen molar-refractivity contribution in [2.45, 2.75) is 17.0 Å². The summed E-state index contributed by atoms with van der Waals surface area (Å²) in [6.45, 7) is 2.09. The van der Waals surface area contributed by atoms with Gasteiger partial charge >= 0.3 is 0 Å². The van der Waals surface area contributed by atoms with Crippen LogP contribution in [0.3, 0.4) is 0 Å². The van der Waals surface area contributed by atoms with E-state index in [1.807, 2.05) is 41.1 Å². The molecule has 118 valence electrons. The summed E-state index contributed by atoms with van der Waals surface area (Å²) in [6, 6.07) is 16.2. The summed E-state index contributed by atoms with van der Waals surface area (Å²) in [4.78, 5) is 0. The van der Waals surface area contributed by atoms with Gasteiger partial charge in [-0.25, -0.2) is 4.68 Å². The minimum Gasteiger partial charge on any atom is -0.496 e. The first-order valence-electron chi connectivity index (χ1n) is 7.09. The van der Waals surface area contributed by atoms with E-state index in [0.29, 0.717) is 0 Å². The van der Waals surface area contributed by atoms with Gasteiger partial charge in [-0.05, 0) is 37.3 Å². The van der Waals surface area contributed by atoms with E-state index in [0.717, 1.165) is 25.5 Å². The molecule has 0 radical (unpaired) electrons. The molecule has 0 atom stereocenters. The van der Waals surface area contributed by atoms with Gasteiger partial charge < -0.3 is 4.74 Å². The molecule has 3 rings (SSSR count). The number of aryl methyl sites for hydroxylation is 1. The van der Waals surface area contributed by atoms with Gasteiger partial charge in [0.25, 0.3) is 0 Å². The van der Waals surface area contributed by atoms with Gasteiger partial charge in [-0.3, -0.25) is 0 Å². The third-order valence-corrected chi connectivity index (χ3v) is 5.73. The molecule has 1 aromatic heterocycles. The maximum atomic E-state index is 5.44. The molecule has 3 aromatic rings. The van der Waals surface area contributed by atoms with Gasteiger partial charge in [-0.15, -0.1) is 5.10 Å². The van der Waals surface area contributed by atoms with E-state index in [1.165, 1.54) is 22.5 Å². The Bertz CT molecular complexity index is 856. The topological polar surface area (TPSA) is 27.1 Å². The molecule has 0 saturated carbocycles. The van der Waals surface area contributed by atoms with Crippen molar-refractivity contribution in [2.75, 3.05) is 7.11 Å². The van der Waals surface area contributed by atoms with Crippen LogP contribution in [0.25, 0.3) is 5.69 Å². The fourth-order valence-electron chi connectivity index (χ4n) is 2.21. The number of hydrogen-bond acceptors (Lipinski definition) is 5. The van der Waals surface area contributed by atoms with Crippen LogP contribution >= 0.6 is 35.3 Å². The molecule has 1 heterocycles. The summed E-state index contributed by atoms with van der Waals surface area (Å²) in [7, 11) is 1.70. The molecule has 0 aliphatic rings. The van der Waals surface area contributed by atoms with E-state index in [1.54, 1.807) is 18.9 Å². The molecule has 0 N–H and O–H groups in total. The van der Waals surface area contributed by atoms with E-state index < -0.39 is 0 Å². The normalized spacial score (nSPS) is 10.7. The van der Waals surface area contributed by atoms with Crippen molar-refractivity contribution in [1.82, 2.24) is 9.78 Å². The molecular weight excluding hydrogens is 344 g/mol. The highest BCUT2D eigenvalue weighted by Crippen LogP contribution is 2.31. The van der Waals surface area contributed by atoms with Crippen LogP contribution in [0.1, 0.15) is 11.1 Å². The van der Waals surface area contributed by atoms with Crippen LogP contribution in [0, 0.1) is 10.9 Å². The van der Waals surface area contributed by atoms with Crippen LogP contribution in [0.4, 0.5) is 0 Å². The van der Waals surface area contributed by atoms with Crippen molar-refractivity contribution < 1.29 is 4.74 Å². The second-order valence-corrected chi connectivity index (χ2v) is 7.83. The molecule has 0 aliphatic heterocycles. The third kappa shape index (κ3) is 3.83. The van der Waals surface area contributed by atoms with Gasteiger partial charge in [0, 0.05) is 11.3 Å². The summed E-state index contributed by atoms with van der Waals surface area (Å²) in [6.07, 6.45) is 0. The molecular formula is C17H16N2OS3. The molecule has 0 amide bonds. The van der Waals surface area contributed by atoms with Crippen LogP contribution in [-0.4, -0.2) is 16.9 Å². The Kier molecular flexibility index (Phi) is 5.15. The first-order chi connectivity index (χ1) is 11.2. The largest absolute Gasteiger partial charge is 0.496 e. The number of benzene rings is 2. The lowest BCUT2D eigenvalue weighted by atomic mass is 10.1. The van der Waals surface area contributed by atoms with Crippen molar-refractivity contribution in [3.63, 3.8) is 0 Å². The van der Waals surface area contributed by atoms with Crippen molar-refractivity contribution >= 4 is 35.3 Å². The van der Waals surface area contributed by atoms with Crippen LogP contribution < -0.4 is 4.74 Å². The first kappa shape index (κ1) is 16.2. The maximum absolute atomic E-state index is 5.44. The zero-order chi connectivity index (χ0) is 16.2. The van der Waals surface area contributed by atoms with Crippen molar-refractivity contribution in [3.05, 3.63) is 63.6 Å². The van der Waals surface area contributed by atoms with E-state index >= 15 is 0 Å². The zero-order valence-electron chi connectivity index (χ0n) is 12.9. The molecule has 0 spiro atoms. The number of rotatable bonds is 5. The monoisotopic (exact) mass is 360 g/mol. The standard InChI is InChI=1S/C17H16N2OS3/c1-12-8-9-15(20-2)13(10-12)11-22-16-18-19(17(21)23-16)14-6-4-3-5-7-14/h3-10H,11H2,1-2H3. The van der Waals surface area contributed by atoms with Crippen LogP contribution in [0.5, 0.6) is 5.75 Å². The second kappa shape index (κ2) is 7.29. The molecule has 23 heavy (non-hydrogen) atoms. The number of thioether (sulfide) groups is 1. The summed E-state index contributed by atoms with van der Waals surface area (Å²) in [5.74, 6) is 1.72. The Morgan fingerprint density at radius 1 is 1.22 bits per heavy atom. The Morgan fingerprint density at radius 2 is 2.00 bits per heavy atom. The van der Waals surface area contributed by atoms with Gasteiger partial charge in [-0.2, -0.15) is 0 Å². The fraction of sp³-hybridized carbons (Fsp3) is 0.176. The number of methoxy groups -OCH3 is 1. The average molecular weight is 361 g/mol. The van der Waals surface area contributed by atoms with Gasteiger partial charge in [0.05, 0.1) is 12.8 Å². The second-order valence-electron chi connectivity index (χ2n) is 4.99. The predicted molar refractivity (Wildman–Crippen MR) is 99.6 cm³/mol. The van der Waals surface area contributed by atoms with Gasteiger partial charge in [0.1, 0.15) is 5.75 Å². The maximum Gasteiger partial charge on any atom is 0.184 e. The van der Waals surface area contributed by atoms with Gasteiger partial charge in [0.2, 0.25) is 0 Å². The average Bonchev–Trinajstić information content (AvgIpc) is 2.95. The molecule has 0 fully saturated rings. The Labute approximate surface area is 148 Å². The minimum atomic E-state index is 0.759. The van der Waals surface area contributed by atoms with Crippen molar-refractivity contribution in [1.29, 1.82) is 0 Å². The van der Waals surface area contributed by atoms with E-state index in [2.05, 4.69) is 24.2 Å². The molecule has 6 heteroatoms. The highest BCUT2D eigenvalue weighted by Gasteiger charge is 2.09. The Morgan fingerprint density at radius 3 is 2.74 bits per heavy atom. The quantitative estimate of drug-likeness (QED) is 0.457. The molecule has 0 saturated heterocycles. The lowest BCUT2D eigenvalue weighted by Gasteiger charge is -2.08. The van der Waals surface area contributed by atoms with E-state index in [-0.39, 0.29) is 0 Å². The predicted octanol–water partition coefficient (Wildman–Crippen LogP) is 5.27. The number of ether oxygens (including phenoxy) is 1. The van der Waals surface area contributed by atoms with Crippen LogP contribution in [0.2, 0.25) is 0 Å². The molecule has 3 nitrogen and oxygen atoms in total. The van der Waals surface area contributed by atoms with Crippen LogP contribution in [-0.2, 0) is 5.75 Å². The molecule has 0 unspecified atom stereocenters. The van der Waals surface area contributed by atoms with E-state index in [9.17, 15) is 0 Å². The fourth-order valence-corrected chi connectivity index (χ4v) is 4.55. The SMILES string of the molecule is COc1ccc(C)cc1CSc1nn(-c2ccccc2)c(=S)s1. The first-order valence-corrected chi connectivity index (χ1v) is 9.30. The summed E-state index contributed by atoms with van der Waals surface area (Å²) < 4.78 is 8.97. The van der Waals surface area contributed by atoms with Crippen molar-refractivity contribution in [2.24, 2.45) is 0 Å². The Hall–Kier alpha value is -1.63. The highest BCUT2D eigenvalue weighted by atomic mass is 32.2. The highest BCUT2D eigenvalue weighted by molar-refractivity contribution is 8.00. The van der Waals surface area contributed by atoms with Gasteiger partial charge in [0.15, 0.2) is 8.29 Å². The summed E-state index contributed by atoms with van der Waals surface area (Å²) in [5, 5.41) is 4.63. The lowest BCUT2D eigenvalue weighted by Crippen LogP contribution is -1.95. The zero-order valence-corrected chi connectivity index (χ0v) is 15.3. The summed E-state index contributed by atoms with van der Waals surface area (Å²) >= 11 is 8.65.